The van der Waals surface area contributed by atoms with Gasteiger partial charge >= 0.3 is 6.01 Å². The smallest absolute Gasteiger partial charge is 0.324 e. The van der Waals surface area contributed by atoms with Gasteiger partial charge in [0.1, 0.15) is 5.75 Å². The van der Waals surface area contributed by atoms with Crippen molar-refractivity contribution in [2.24, 2.45) is 11.8 Å². The number of carbonyl (C=O) groups excluding carboxylic acids is 1. The lowest BCUT2D eigenvalue weighted by molar-refractivity contribution is -0.134. The highest BCUT2D eigenvalue weighted by Gasteiger charge is 2.25. The van der Waals surface area contributed by atoms with Crippen molar-refractivity contribution in [1.29, 1.82) is 0 Å². The van der Waals surface area contributed by atoms with Crippen LogP contribution >= 0.6 is 0 Å². The third-order valence-corrected chi connectivity index (χ3v) is 7.56. The van der Waals surface area contributed by atoms with Crippen LogP contribution in [0.5, 0.6) is 5.75 Å². The van der Waals surface area contributed by atoms with Crippen LogP contribution in [0.1, 0.15) is 76.1 Å². The first-order valence-electron chi connectivity index (χ1n) is 13.8. The second-order valence-corrected chi connectivity index (χ2v) is 10.7. The van der Waals surface area contributed by atoms with Crippen molar-refractivity contribution in [2.75, 3.05) is 44.8 Å². The standard InChI is InChI=1S/C29H42N4O4/c1-21(2)27-30-29(37-31-27)33-17-4-6-22(15-18-33)20-36-26-13-11-24(12-14-26)23-7-9-25(10-8-23)28(35)32(3)16-5-19-34/h7,11-14,21-22,25,34H,4-6,8-10,15-20H2,1-3H3. The first-order valence-corrected chi connectivity index (χ1v) is 13.8. The topological polar surface area (TPSA) is 91.9 Å². The molecule has 1 saturated heterocycles. The van der Waals surface area contributed by atoms with Crippen molar-refractivity contribution in [1.82, 2.24) is 15.0 Å². The van der Waals surface area contributed by atoms with E-state index in [2.05, 4.69) is 59.2 Å². The van der Waals surface area contributed by atoms with E-state index in [1.165, 1.54) is 11.1 Å². The third-order valence-electron chi connectivity index (χ3n) is 7.56. The molecule has 2 aliphatic rings. The van der Waals surface area contributed by atoms with Gasteiger partial charge in [-0.15, -0.1) is 0 Å². The number of nitrogens with zero attached hydrogens (tertiary/aromatic N) is 4. The zero-order valence-corrected chi connectivity index (χ0v) is 22.6. The van der Waals surface area contributed by atoms with Crippen LogP contribution in [0.3, 0.4) is 0 Å². The number of aliphatic hydroxyl groups is 1. The molecule has 2 unspecified atom stereocenters. The Bertz CT molecular complexity index is 1030. The van der Waals surface area contributed by atoms with Crippen molar-refractivity contribution in [3.63, 3.8) is 0 Å². The number of anilines is 1. The predicted molar refractivity (Wildman–Crippen MR) is 145 cm³/mol. The van der Waals surface area contributed by atoms with Gasteiger partial charge in [0, 0.05) is 45.1 Å². The maximum absolute atomic E-state index is 12.6. The molecule has 1 N–H and O–H groups in total. The molecule has 8 nitrogen and oxygen atoms in total. The number of ether oxygens (including phenoxy) is 1. The molecule has 1 aromatic carbocycles. The Kier molecular flexibility index (Phi) is 9.61. The molecule has 0 bridgehead atoms. The van der Waals surface area contributed by atoms with Gasteiger partial charge in [-0.3, -0.25) is 4.79 Å². The Morgan fingerprint density at radius 1 is 1.22 bits per heavy atom. The minimum Gasteiger partial charge on any atom is -0.493 e. The van der Waals surface area contributed by atoms with Gasteiger partial charge in [-0.05, 0) is 74.1 Å². The molecule has 1 aliphatic heterocycles. The van der Waals surface area contributed by atoms with Crippen molar-refractivity contribution < 1.29 is 19.2 Å². The predicted octanol–water partition coefficient (Wildman–Crippen LogP) is 4.90. The van der Waals surface area contributed by atoms with Gasteiger partial charge in [-0.25, -0.2) is 0 Å². The number of amides is 1. The fourth-order valence-electron chi connectivity index (χ4n) is 5.14. The lowest BCUT2D eigenvalue weighted by Crippen LogP contribution is -2.34. The number of aromatic nitrogens is 2. The summed E-state index contributed by atoms with van der Waals surface area (Å²) in [4.78, 5) is 21.1. The summed E-state index contributed by atoms with van der Waals surface area (Å²) in [5, 5.41) is 13.1. The molecule has 1 aromatic heterocycles. The number of allylic oxidation sites excluding steroid dienone is 2. The quantitative estimate of drug-likeness (QED) is 0.486. The molecular formula is C29H42N4O4. The van der Waals surface area contributed by atoms with E-state index in [1.54, 1.807) is 4.90 Å². The van der Waals surface area contributed by atoms with E-state index in [1.807, 2.05) is 7.05 Å². The van der Waals surface area contributed by atoms with Crippen LogP contribution in [0.2, 0.25) is 0 Å². The van der Waals surface area contributed by atoms with Crippen molar-refractivity contribution in [3.8, 4) is 5.75 Å². The number of rotatable bonds is 10. The highest BCUT2D eigenvalue weighted by molar-refractivity contribution is 5.80. The number of aliphatic hydroxyl groups excluding tert-OH is 1. The third kappa shape index (κ3) is 7.34. The molecule has 2 atom stereocenters. The molecule has 0 radical (unpaired) electrons. The van der Waals surface area contributed by atoms with E-state index in [0.29, 0.717) is 31.5 Å². The molecule has 2 aromatic rings. The molecular weight excluding hydrogens is 468 g/mol. The molecule has 0 spiro atoms. The van der Waals surface area contributed by atoms with Crippen molar-refractivity contribution in [3.05, 3.63) is 41.7 Å². The minimum atomic E-state index is 0.0441. The molecule has 1 fully saturated rings. The Hall–Kier alpha value is -2.87. The summed E-state index contributed by atoms with van der Waals surface area (Å²) in [5.41, 5.74) is 2.51. The fraction of sp³-hybridized carbons (Fsp3) is 0.621. The second kappa shape index (κ2) is 13.1. The zero-order valence-electron chi connectivity index (χ0n) is 22.6. The highest BCUT2D eigenvalue weighted by atomic mass is 16.5. The van der Waals surface area contributed by atoms with Crippen molar-refractivity contribution >= 4 is 17.5 Å². The normalized spacial score (nSPS) is 20.5. The highest BCUT2D eigenvalue weighted by Crippen LogP contribution is 2.32. The zero-order chi connectivity index (χ0) is 26.2. The minimum absolute atomic E-state index is 0.0441. The van der Waals surface area contributed by atoms with Gasteiger partial charge in [0.05, 0.1) is 6.61 Å². The van der Waals surface area contributed by atoms with Gasteiger partial charge < -0.3 is 24.2 Å². The van der Waals surface area contributed by atoms with Crippen LogP contribution in [-0.2, 0) is 4.79 Å². The number of benzene rings is 1. The molecule has 8 heteroatoms. The fourth-order valence-corrected chi connectivity index (χ4v) is 5.14. The molecule has 2 heterocycles. The summed E-state index contributed by atoms with van der Waals surface area (Å²) in [7, 11) is 1.83. The summed E-state index contributed by atoms with van der Waals surface area (Å²) in [6.07, 6.45) is 8.64. The van der Waals surface area contributed by atoms with Crippen LogP contribution in [0, 0.1) is 11.8 Å². The van der Waals surface area contributed by atoms with Crippen LogP contribution in [-0.4, -0.2) is 65.9 Å². The summed E-state index contributed by atoms with van der Waals surface area (Å²) in [6, 6.07) is 9.03. The van der Waals surface area contributed by atoms with E-state index in [0.717, 1.165) is 63.2 Å². The van der Waals surface area contributed by atoms with Crippen LogP contribution < -0.4 is 9.64 Å². The monoisotopic (exact) mass is 510 g/mol. The molecule has 4 rings (SSSR count). The molecule has 37 heavy (non-hydrogen) atoms. The molecule has 1 aliphatic carbocycles. The lowest BCUT2D eigenvalue weighted by Gasteiger charge is -2.26. The summed E-state index contributed by atoms with van der Waals surface area (Å²) >= 11 is 0. The van der Waals surface area contributed by atoms with Gasteiger partial charge in [-0.1, -0.05) is 37.2 Å². The number of carbonyl (C=O) groups is 1. The van der Waals surface area contributed by atoms with Crippen molar-refractivity contribution in [2.45, 2.75) is 64.7 Å². The van der Waals surface area contributed by atoms with Crippen LogP contribution in [0.4, 0.5) is 6.01 Å². The first-order chi connectivity index (χ1) is 17.9. The Balaban J connectivity index is 1.23. The summed E-state index contributed by atoms with van der Waals surface area (Å²) in [5.74, 6) is 2.67. The largest absolute Gasteiger partial charge is 0.493 e. The van der Waals surface area contributed by atoms with E-state index in [4.69, 9.17) is 14.4 Å². The SMILES string of the molecule is CC(C)c1noc(N2CCCC(COc3ccc(C4=CCC(C(=O)N(C)CCCO)CC4)cc3)CC2)n1. The van der Waals surface area contributed by atoms with Gasteiger partial charge in [0.25, 0.3) is 0 Å². The molecule has 1 amide bonds. The average Bonchev–Trinajstić information content (AvgIpc) is 3.31. The van der Waals surface area contributed by atoms with E-state index in [-0.39, 0.29) is 24.3 Å². The Labute approximate surface area is 220 Å². The van der Waals surface area contributed by atoms with Crippen LogP contribution in [0.15, 0.2) is 34.9 Å². The maximum atomic E-state index is 12.6. The van der Waals surface area contributed by atoms with Crippen LogP contribution in [0.25, 0.3) is 5.57 Å². The number of hydrogen-bond acceptors (Lipinski definition) is 7. The average molecular weight is 511 g/mol. The summed E-state index contributed by atoms with van der Waals surface area (Å²) in [6.45, 7) is 7.43. The van der Waals surface area contributed by atoms with Gasteiger partial charge in [0.2, 0.25) is 5.91 Å². The molecule has 202 valence electrons. The Morgan fingerprint density at radius 3 is 2.70 bits per heavy atom. The lowest BCUT2D eigenvalue weighted by atomic mass is 9.86. The van der Waals surface area contributed by atoms with E-state index >= 15 is 0 Å². The van der Waals surface area contributed by atoms with Gasteiger partial charge in [0.15, 0.2) is 5.82 Å². The van der Waals surface area contributed by atoms with E-state index in [9.17, 15) is 4.79 Å². The first kappa shape index (κ1) is 27.2. The Morgan fingerprint density at radius 2 is 2.03 bits per heavy atom. The van der Waals surface area contributed by atoms with E-state index < -0.39 is 0 Å². The number of hydrogen-bond donors (Lipinski definition) is 1. The molecule has 0 saturated carbocycles. The maximum Gasteiger partial charge on any atom is 0.324 e. The second-order valence-electron chi connectivity index (χ2n) is 10.7. The van der Waals surface area contributed by atoms with Gasteiger partial charge in [-0.2, -0.15) is 4.98 Å². The summed E-state index contributed by atoms with van der Waals surface area (Å²) < 4.78 is 11.7.